The molecule has 1 aromatic rings. The van der Waals surface area contributed by atoms with E-state index in [1.807, 2.05) is 35.0 Å². The molecule has 0 bridgehead atoms. The quantitative estimate of drug-likeness (QED) is 0.658. The molecule has 0 spiro atoms. The maximum absolute atomic E-state index is 10.9. The molecule has 2 nitrogen and oxygen atoms in total. The lowest BCUT2D eigenvalue weighted by atomic mass is 10.1. The SMILES string of the molecule is O=C(Cc1cccc(Cl)c1)NI. The normalized spacial score (nSPS) is 9.50. The van der Waals surface area contributed by atoms with Crippen molar-refractivity contribution >= 4 is 40.4 Å². The third-order valence-corrected chi connectivity index (χ3v) is 2.20. The van der Waals surface area contributed by atoms with Crippen LogP contribution in [-0.4, -0.2) is 5.91 Å². The Kier molecular flexibility index (Phi) is 3.81. The first-order valence-corrected chi connectivity index (χ1v) is 4.82. The van der Waals surface area contributed by atoms with E-state index < -0.39 is 0 Å². The van der Waals surface area contributed by atoms with Gasteiger partial charge in [0.15, 0.2) is 0 Å². The van der Waals surface area contributed by atoms with Crippen molar-refractivity contribution in [3.05, 3.63) is 34.9 Å². The molecule has 12 heavy (non-hydrogen) atoms. The van der Waals surface area contributed by atoms with E-state index in [0.29, 0.717) is 11.4 Å². The molecule has 1 rings (SSSR count). The van der Waals surface area contributed by atoms with Crippen LogP contribution in [-0.2, 0) is 11.2 Å². The van der Waals surface area contributed by atoms with Crippen molar-refractivity contribution in [2.24, 2.45) is 0 Å². The van der Waals surface area contributed by atoms with Crippen molar-refractivity contribution in [3.63, 3.8) is 0 Å². The van der Waals surface area contributed by atoms with E-state index in [4.69, 9.17) is 11.6 Å². The molecule has 0 aliphatic rings. The Morgan fingerprint density at radius 3 is 2.92 bits per heavy atom. The molecule has 0 saturated heterocycles. The summed E-state index contributed by atoms with van der Waals surface area (Å²) in [6.07, 6.45) is 0.378. The van der Waals surface area contributed by atoms with Crippen LogP contribution in [0.25, 0.3) is 0 Å². The molecule has 0 saturated carbocycles. The number of hydrogen-bond acceptors (Lipinski definition) is 1. The van der Waals surface area contributed by atoms with E-state index >= 15 is 0 Å². The lowest BCUT2D eigenvalue weighted by Gasteiger charge is -1.98. The summed E-state index contributed by atoms with van der Waals surface area (Å²) in [5.41, 5.74) is 0.927. The molecule has 0 heterocycles. The Bertz CT molecular complexity index is 290. The van der Waals surface area contributed by atoms with Crippen molar-refractivity contribution in [1.82, 2.24) is 3.53 Å². The molecule has 0 radical (unpaired) electrons. The minimum Gasteiger partial charge on any atom is -0.299 e. The standard InChI is InChI=1S/C8H7ClINO/c9-7-3-1-2-6(4-7)5-8(12)11-10/h1-4H,5H2,(H,11,12). The van der Waals surface area contributed by atoms with Crippen molar-refractivity contribution in [1.29, 1.82) is 0 Å². The Hall–Kier alpha value is -0.290. The molecule has 0 unspecified atom stereocenters. The summed E-state index contributed by atoms with van der Waals surface area (Å²) in [4.78, 5) is 10.9. The Morgan fingerprint density at radius 1 is 1.58 bits per heavy atom. The van der Waals surface area contributed by atoms with Crippen molar-refractivity contribution in [2.45, 2.75) is 6.42 Å². The van der Waals surface area contributed by atoms with Crippen LogP contribution >= 0.6 is 34.5 Å². The second kappa shape index (κ2) is 4.67. The van der Waals surface area contributed by atoms with Crippen LogP contribution in [0, 0.1) is 0 Å². The molecule has 1 aromatic carbocycles. The van der Waals surface area contributed by atoms with Crippen LogP contribution in [0.3, 0.4) is 0 Å². The summed E-state index contributed by atoms with van der Waals surface area (Å²) < 4.78 is 2.52. The van der Waals surface area contributed by atoms with Crippen LogP contribution in [0.15, 0.2) is 24.3 Å². The van der Waals surface area contributed by atoms with Gasteiger partial charge in [-0.3, -0.25) is 8.32 Å². The highest BCUT2D eigenvalue weighted by molar-refractivity contribution is 14.1. The fourth-order valence-corrected chi connectivity index (χ4v) is 1.27. The van der Waals surface area contributed by atoms with Gasteiger partial charge in [0.25, 0.3) is 0 Å². The monoisotopic (exact) mass is 295 g/mol. The fourth-order valence-electron chi connectivity index (χ4n) is 0.866. The summed E-state index contributed by atoms with van der Waals surface area (Å²) in [6.45, 7) is 0. The number of halogens is 2. The second-order valence-electron chi connectivity index (χ2n) is 2.32. The molecule has 0 aromatic heterocycles. The number of carbonyl (C=O) groups excluding carboxylic acids is 1. The lowest BCUT2D eigenvalue weighted by Crippen LogP contribution is -2.14. The van der Waals surface area contributed by atoms with Crippen LogP contribution in [0.4, 0.5) is 0 Å². The number of rotatable bonds is 2. The van der Waals surface area contributed by atoms with E-state index in [0.717, 1.165) is 5.56 Å². The Balaban J connectivity index is 2.69. The van der Waals surface area contributed by atoms with E-state index in [2.05, 4.69) is 3.53 Å². The minimum absolute atomic E-state index is 0.0159. The van der Waals surface area contributed by atoms with Crippen LogP contribution in [0.5, 0.6) is 0 Å². The van der Waals surface area contributed by atoms with Gasteiger partial charge in [-0.2, -0.15) is 0 Å². The van der Waals surface area contributed by atoms with Gasteiger partial charge >= 0.3 is 0 Å². The highest BCUT2D eigenvalue weighted by Crippen LogP contribution is 2.10. The Morgan fingerprint density at radius 2 is 2.33 bits per heavy atom. The van der Waals surface area contributed by atoms with E-state index in [1.165, 1.54) is 0 Å². The zero-order chi connectivity index (χ0) is 8.97. The first-order chi connectivity index (χ1) is 5.72. The molecule has 0 fully saturated rings. The van der Waals surface area contributed by atoms with E-state index in [9.17, 15) is 4.79 Å². The van der Waals surface area contributed by atoms with Gasteiger partial charge in [0, 0.05) is 5.02 Å². The van der Waals surface area contributed by atoms with Gasteiger partial charge in [-0.1, -0.05) is 23.7 Å². The average molecular weight is 296 g/mol. The second-order valence-corrected chi connectivity index (χ2v) is 3.30. The Labute approximate surface area is 89.8 Å². The lowest BCUT2D eigenvalue weighted by molar-refractivity contribution is -0.118. The first kappa shape index (κ1) is 9.80. The zero-order valence-electron chi connectivity index (χ0n) is 6.18. The summed E-state index contributed by atoms with van der Waals surface area (Å²) in [5, 5.41) is 0.661. The molecule has 0 atom stereocenters. The molecule has 1 N–H and O–H groups in total. The predicted molar refractivity (Wildman–Crippen MR) is 57.3 cm³/mol. The molecular weight excluding hydrogens is 288 g/mol. The van der Waals surface area contributed by atoms with E-state index in [1.54, 1.807) is 12.1 Å². The molecule has 1 amide bonds. The topological polar surface area (TPSA) is 29.1 Å². The molecule has 0 aliphatic carbocycles. The molecular formula is C8H7ClINO. The van der Waals surface area contributed by atoms with Crippen LogP contribution in [0.1, 0.15) is 5.56 Å². The van der Waals surface area contributed by atoms with Gasteiger partial charge in [0.2, 0.25) is 5.91 Å². The minimum atomic E-state index is -0.0159. The van der Waals surface area contributed by atoms with Gasteiger partial charge in [0.1, 0.15) is 0 Å². The van der Waals surface area contributed by atoms with E-state index in [-0.39, 0.29) is 5.91 Å². The number of benzene rings is 1. The van der Waals surface area contributed by atoms with Gasteiger partial charge in [0.05, 0.1) is 29.3 Å². The summed E-state index contributed by atoms with van der Waals surface area (Å²) in [7, 11) is 0. The van der Waals surface area contributed by atoms with Crippen molar-refractivity contribution in [3.8, 4) is 0 Å². The zero-order valence-corrected chi connectivity index (χ0v) is 9.09. The first-order valence-electron chi connectivity index (χ1n) is 3.36. The molecule has 64 valence electrons. The summed E-state index contributed by atoms with van der Waals surface area (Å²) in [6, 6.07) is 7.27. The number of carbonyl (C=O) groups is 1. The van der Waals surface area contributed by atoms with Crippen molar-refractivity contribution in [2.75, 3.05) is 0 Å². The van der Waals surface area contributed by atoms with Crippen LogP contribution in [0.2, 0.25) is 5.02 Å². The highest BCUT2D eigenvalue weighted by atomic mass is 127. The number of amides is 1. The maximum atomic E-state index is 10.9. The molecule has 0 aliphatic heterocycles. The average Bonchev–Trinajstić information content (AvgIpc) is 2.04. The number of hydrogen-bond donors (Lipinski definition) is 1. The largest absolute Gasteiger partial charge is 0.299 e. The summed E-state index contributed by atoms with van der Waals surface area (Å²) in [5.74, 6) is -0.0159. The third-order valence-electron chi connectivity index (χ3n) is 1.36. The van der Waals surface area contributed by atoms with Gasteiger partial charge in [-0.05, 0) is 17.7 Å². The van der Waals surface area contributed by atoms with Gasteiger partial charge in [-0.25, -0.2) is 0 Å². The molecule has 4 heteroatoms. The predicted octanol–water partition coefficient (Wildman–Crippen LogP) is 2.35. The maximum Gasteiger partial charge on any atom is 0.233 e. The smallest absolute Gasteiger partial charge is 0.233 e. The number of nitrogens with one attached hydrogen (secondary N) is 1. The van der Waals surface area contributed by atoms with Crippen molar-refractivity contribution < 1.29 is 4.79 Å². The summed E-state index contributed by atoms with van der Waals surface area (Å²) >= 11 is 7.55. The highest BCUT2D eigenvalue weighted by Gasteiger charge is 2.00. The van der Waals surface area contributed by atoms with Gasteiger partial charge < -0.3 is 0 Å². The third kappa shape index (κ3) is 2.98. The fraction of sp³-hybridized carbons (Fsp3) is 0.125. The van der Waals surface area contributed by atoms with Crippen LogP contribution < -0.4 is 3.53 Å². The van der Waals surface area contributed by atoms with Gasteiger partial charge in [-0.15, -0.1) is 0 Å².